The molecule has 0 amide bonds. The molecule has 0 bridgehead atoms. The van der Waals surface area contributed by atoms with Gasteiger partial charge in [-0.1, -0.05) is 23.7 Å². The van der Waals surface area contributed by atoms with Crippen molar-refractivity contribution in [1.29, 1.82) is 0 Å². The molecule has 1 heterocycles. The lowest BCUT2D eigenvalue weighted by atomic mass is 9.75. The van der Waals surface area contributed by atoms with Crippen LogP contribution in [0.5, 0.6) is 0 Å². The van der Waals surface area contributed by atoms with Crippen molar-refractivity contribution >= 4 is 27.6 Å². The van der Waals surface area contributed by atoms with Gasteiger partial charge in [-0.25, -0.2) is 0 Å². The topological polar surface area (TPSA) is 59.3 Å². The first-order valence-corrected chi connectivity index (χ1v) is 6.73. The Morgan fingerprint density at radius 3 is 2.67 bits per heavy atom. The lowest BCUT2D eigenvalue weighted by Crippen LogP contribution is -2.45. The smallest absolute Gasteiger partial charge is 0.305 e. The number of hydrogen-bond acceptors (Lipinski definition) is 3. The van der Waals surface area contributed by atoms with E-state index < -0.39 is 11.5 Å². The van der Waals surface area contributed by atoms with Gasteiger partial charge in [0.15, 0.2) is 0 Å². The molecule has 0 saturated heterocycles. The third-order valence-corrected chi connectivity index (χ3v) is 4.98. The Morgan fingerprint density at radius 2 is 2.11 bits per heavy atom. The van der Waals surface area contributed by atoms with Crippen LogP contribution in [0.2, 0.25) is 0 Å². The molecule has 1 saturated carbocycles. The fourth-order valence-corrected chi connectivity index (χ4v) is 3.81. The summed E-state index contributed by atoms with van der Waals surface area (Å²) in [6.07, 6.45) is 2.60. The Bertz CT molecular complexity index is 666. The molecule has 18 heavy (non-hydrogen) atoms. The minimum absolute atomic E-state index is 0.0414. The Labute approximate surface area is 108 Å². The fourth-order valence-electron chi connectivity index (χ4n) is 2.60. The molecule has 0 spiro atoms. The van der Waals surface area contributed by atoms with Gasteiger partial charge in [-0.3, -0.25) is 13.5 Å². The molecule has 0 atom stereocenters. The molecule has 1 aromatic heterocycles. The summed E-state index contributed by atoms with van der Waals surface area (Å²) in [6.45, 7) is 0. The predicted molar refractivity (Wildman–Crippen MR) is 70.2 cm³/mol. The second kappa shape index (κ2) is 3.95. The summed E-state index contributed by atoms with van der Waals surface area (Å²) in [6, 6.07) is 7.45. The van der Waals surface area contributed by atoms with E-state index in [1.165, 1.54) is 11.5 Å². The summed E-state index contributed by atoms with van der Waals surface area (Å²) in [5.41, 5.74) is -0.524. The van der Waals surface area contributed by atoms with Gasteiger partial charge in [0.2, 0.25) is 0 Å². The molecular formula is C13H13NO3S. The van der Waals surface area contributed by atoms with E-state index >= 15 is 0 Å². The highest BCUT2D eigenvalue weighted by atomic mass is 32.1. The average molecular weight is 263 g/mol. The first kappa shape index (κ1) is 11.5. The van der Waals surface area contributed by atoms with Crippen molar-refractivity contribution < 1.29 is 9.90 Å². The van der Waals surface area contributed by atoms with Gasteiger partial charge in [0.05, 0.1) is 22.0 Å². The largest absolute Gasteiger partial charge is 0.481 e. The average Bonchev–Trinajstić information content (AvgIpc) is 2.62. The van der Waals surface area contributed by atoms with E-state index in [1.54, 1.807) is 10.0 Å². The minimum atomic E-state index is -0.834. The van der Waals surface area contributed by atoms with Crippen molar-refractivity contribution in [3.63, 3.8) is 0 Å². The van der Waals surface area contributed by atoms with E-state index in [9.17, 15) is 9.59 Å². The number of hydrogen-bond donors (Lipinski definition) is 1. The van der Waals surface area contributed by atoms with Crippen LogP contribution in [0.4, 0.5) is 0 Å². The number of fused-ring (bicyclic) bond motifs is 1. The van der Waals surface area contributed by atoms with Crippen molar-refractivity contribution in [3.05, 3.63) is 34.6 Å². The van der Waals surface area contributed by atoms with Crippen molar-refractivity contribution in [2.75, 3.05) is 0 Å². The zero-order valence-corrected chi connectivity index (χ0v) is 10.6. The number of rotatable bonds is 3. The highest BCUT2D eigenvalue weighted by Crippen LogP contribution is 2.43. The highest BCUT2D eigenvalue weighted by Gasteiger charge is 2.42. The normalized spacial score (nSPS) is 17.6. The number of nitrogens with zero attached hydrogens (tertiary/aromatic N) is 1. The molecule has 94 valence electrons. The Balaban J connectivity index is 2.16. The van der Waals surface area contributed by atoms with E-state index in [2.05, 4.69) is 0 Å². The van der Waals surface area contributed by atoms with Crippen LogP contribution in [0.1, 0.15) is 25.7 Å². The number of aliphatic carboxylic acids is 1. The molecule has 1 aliphatic carbocycles. The maximum atomic E-state index is 12.3. The zero-order valence-electron chi connectivity index (χ0n) is 9.76. The summed E-state index contributed by atoms with van der Waals surface area (Å²) in [5, 5.41) is 9.72. The number of carboxylic acids is 1. The molecule has 1 aliphatic rings. The van der Waals surface area contributed by atoms with Crippen LogP contribution in [0.15, 0.2) is 29.1 Å². The number of aromatic nitrogens is 1. The second-order valence-electron chi connectivity index (χ2n) is 4.84. The first-order chi connectivity index (χ1) is 8.62. The predicted octanol–water partition coefficient (Wildman–Crippen LogP) is 2.42. The lowest BCUT2D eigenvalue weighted by molar-refractivity contribution is -0.140. The third kappa shape index (κ3) is 1.58. The minimum Gasteiger partial charge on any atom is -0.481 e. The first-order valence-electron chi connectivity index (χ1n) is 5.96. The molecule has 1 aromatic carbocycles. The van der Waals surface area contributed by atoms with Gasteiger partial charge in [0, 0.05) is 0 Å². The highest BCUT2D eigenvalue weighted by molar-refractivity contribution is 7.13. The van der Waals surface area contributed by atoms with Crippen molar-refractivity contribution in [3.8, 4) is 0 Å². The van der Waals surface area contributed by atoms with Gasteiger partial charge >= 0.3 is 5.97 Å². The van der Waals surface area contributed by atoms with E-state index in [0.29, 0.717) is 5.39 Å². The lowest BCUT2D eigenvalue weighted by Gasteiger charge is -2.40. The van der Waals surface area contributed by atoms with E-state index in [4.69, 9.17) is 5.11 Å². The Hall–Kier alpha value is -1.62. The fraction of sp³-hybridized carbons (Fsp3) is 0.385. The van der Waals surface area contributed by atoms with E-state index in [1.807, 2.05) is 18.2 Å². The molecular weight excluding hydrogens is 250 g/mol. The quantitative estimate of drug-likeness (QED) is 0.925. The Morgan fingerprint density at radius 1 is 1.39 bits per heavy atom. The van der Waals surface area contributed by atoms with Crippen molar-refractivity contribution in [2.24, 2.45) is 0 Å². The second-order valence-corrected chi connectivity index (χ2v) is 5.82. The summed E-state index contributed by atoms with van der Waals surface area (Å²) in [4.78, 5) is 23.3. The standard InChI is InChI=1S/C13H13NO3S/c15-11(16)8-13(6-3-7-13)14-12(17)9-4-1-2-5-10(9)18-14/h1-2,4-5H,3,6-8H2,(H,15,16). The summed E-state index contributed by atoms with van der Waals surface area (Å²) >= 11 is 1.39. The molecule has 4 nitrogen and oxygen atoms in total. The number of benzene rings is 1. The van der Waals surface area contributed by atoms with Crippen LogP contribution in [0, 0.1) is 0 Å². The summed E-state index contributed by atoms with van der Waals surface area (Å²) < 4.78 is 2.62. The summed E-state index contributed by atoms with van der Waals surface area (Å²) in [7, 11) is 0. The maximum Gasteiger partial charge on any atom is 0.305 e. The van der Waals surface area contributed by atoms with Gasteiger partial charge in [0.1, 0.15) is 0 Å². The SMILES string of the molecule is O=C(O)CC1(n2sc3ccccc3c2=O)CCC1. The number of carbonyl (C=O) groups is 1. The number of carboxylic acid groups (broad SMARTS) is 1. The van der Waals surface area contributed by atoms with Crippen LogP contribution in [0.3, 0.4) is 0 Å². The van der Waals surface area contributed by atoms with Crippen LogP contribution < -0.4 is 5.56 Å². The molecule has 5 heteroatoms. The van der Waals surface area contributed by atoms with E-state index in [0.717, 1.165) is 24.0 Å². The van der Waals surface area contributed by atoms with Crippen molar-refractivity contribution in [2.45, 2.75) is 31.2 Å². The van der Waals surface area contributed by atoms with Gasteiger partial charge < -0.3 is 5.11 Å². The summed E-state index contributed by atoms with van der Waals surface area (Å²) in [5.74, 6) is -0.834. The Kier molecular flexibility index (Phi) is 2.52. The molecule has 1 fully saturated rings. The van der Waals surface area contributed by atoms with Crippen LogP contribution >= 0.6 is 11.5 Å². The van der Waals surface area contributed by atoms with Gasteiger partial charge in [0.25, 0.3) is 5.56 Å². The van der Waals surface area contributed by atoms with Crippen LogP contribution in [-0.4, -0.2) is 15.0 Å². The van der Waals surface area contributed by atoms with E-state index in [-0.39, 0.29) is 12.0 Å². The van der Waals surface area contributed by atoms with Crippen molar-refractivity contribution in [1.82, 2.24) is 3.96 Å². The maximum absolute atomic E-state index is 12.3. The molecule has 0 unspecified atom stereocenters. The van der Waals surface area contributed by atoms with Gasteiger partial charge in [-0.15, -0.1) is 0 Å². The van der Waals surface area contributed by atoms with Crippen LogP contribution in [0.25, 0.3) is 10.1 Å². The van der Waals surface area contributed by atoms with Gasteiger partial charge in [-0.05, 0) is 31.4 Å². The molecule has 2 aromatic rings. The third-order valence-electron chi connectivity index (χ3n) is 3.69. The molecule has 0 radical (unpaired) electrons. The molecule has 1 N–H and O–H groups in total. The monoisotopic (exact) mass is 263 g/mol. The zero-order chi connectivity index (χ0) is 12.8. The van der Waals surface area contributed by atoms with Crippen LogP contribution in [-0.2, 0) is 10.3 Å². The molecule has 0 aliphatic heterocycles. The van der Waals surface area contributed by atoms with Gasteiger partial charge in [-0.2, -0.15) is 0 Å². The molecule has 3 rings (SSSR count).